The summed E-state index contributed by atoms with van der Waals surface area (Å²) in [6.45, 7) is 4.98. The van der Waals surface area contributed by atoms with Gasteiger partial charge < -0.3 is 20.5 Å². The molecule has 20 heavy (non-hydrogen) atoms. The van der Waals surface area contributed by atoms with Crippen molar-refractivity contribution in [3.8, 4) is 5.75 Å². The van der Waals surface area contributed by atoms with Crippen molar-refractivity contribution >= 4 is 11.7 Å². The molecule has 0 spiro atoms. The molecule has 1 unspecified atom stereocenters. The van der Waals surface area contributed by atoms with Gasteiger partial charge in [0, 0.05) is 12.6 Å². The first kappa shape index (κ1) is 16.3. The van der Waals surface area contributed by atoms with Crippen molar-refractivity contribution in [2.45, 2.75) is 32.7 Å². The smallest absolute Gasteiger partial charge is 0.307 e. The molecule has 112 valence electrons. The first-order valence-corrected chi connectivity index (χ1v) is 6.87. The second kappa shape index (κ2) is 7.75. The fourth-order valence-corrected chi connectivity index (χ4v) is 1.95. The maximum atomic E-state index is 11.3. The summed E-state index contributed by atoms with van der Waals surface area (Å²) in [6.07, 6.45) is 1.20. The molecule has 0 saturated heterocycles. The number of ether oxygens (including phenoxy) is 1. The van der Waals surface area contributed by atoms with E-state index >= 15 is 0 Å². The van der Waals surface area contributed by atoms with Crippen molar-refractivity contribution in [2.75, 3.05) is 25.9 Å². The number of esters is 1. The average Bonchev–Trinajstić information content (AvgIpc) is 2.40. The number of benzene rings is 1. The average molecular weight is 280 g/mol. The minimum atomic E-state index is -0.166. The number of likely N-dealkylation sites (N-methyl/N-ethyl adjacent to an activating group) is 1. The Labute approximate surface area is 120 Å². The van der Waals surface area contributed by atoms with Crippen molar-refractivity contribution in [3.05, 3.63) is 23.8 Å². The number of phenols is 1. The van der Waals surface area contributed by atoms with Crippen molar-refractivity contribution in [1.82, 2.24) is 4.90 Å². The third kappa shape index (κ3) is 5.09. The van der Waals surface area contributed by atoms with Crippen molar-refractivity contribution < 1.29 is 14.6 Å². The van der Waals surface area contributed by atoms with E-state index in [0.717, 1.165) is 12.0 Å². The summed E-state index contributed by atoms with van der Waals surface area (Å²) in [7, 11) is 1.98. The van der Waals surface area contributed by atoms with Crippen molar-refractivity contribution in [3.63, 3.8) is 0 Å². The highest BCUT2D eigenvalue weighted by atomic mass is 16.5. The van der Waals surface area contributed by atoms with Crippen LogP contribution in [-0.4, -0.2) is 42.2 Å². The quantitative estimate of drug-likeness (QED) is 0.452. The van der Waals surface area contributed by atoms with E-state index in [-0.39, 0.29) is 17.8 Å². The highest BCUT2D eigenvalue weighted by Crippen LogP contribution is 2.21. The number of rotatable bonds is 7. The molecule has 1 rings (SSSR count). The van der Waals surface area contributed by atoms with Crippen LogP contribution in [0, 0.1) is 0 Å². The third-order valence-electron chi connectivity index (χ3n) is 3.35. The van der Waals surface area contributed by atoms with Gasteiger partial charge in [0.15, 0.2) is 0 Å². The summed E-state index contributed by atoms with van der Waals surface area (Å²) in [4.78, 5) is 13.4. The van der Waals surface area contributed by atoms with Crippen LogP contribution in [0.3, 0.4) is 0 Å². The van der Waals surface area contributed by atoms with Crippen LogP contribution in [0.25, 0.3) is 0 Å². The van der Waals surface area contributed by atoms with Gasteiger partial charge in [-0.15, -0.1) is 0 Å². The SMILES string of the molecule is CCOC(=O)CCN(C)C(C)Cc1ccc(O)c(N)c1. The Balaban J connectivity index is 2.46. The monoisotopic (exact) mass is 280 g/mol. The molecule has 3 N–H and O–H groups in total. The molecule has 1 aromatic rings. The number of hydrogen-bond acceptors (Lipinski definition) is 5. The van der Waals surface area contributed by atoms with Gasteiger partial charge in [-0.05, 0) is 45.0 Å². The topological polar surface area (TPSA) is 75.8 Å². The van der Waals surface area contributed by atoms with Gasteiger partial charge in [0.1, 0.15) is 5.75 Å². The molecule has 0 amide bonds. The molecule has 1 aromatic carbocycles. The lowest BCUT2D eigenvalue weighted by Gasteiger charge is -2.24. The Bertz CT molecular complexity index is 449. The van der Waals surface area contributed by atoms with Crippen LogP contribution < -0.4 is 5.73 Å². The van der Waals surface area contributed by atoms with Crippen LogP contribution in [0.4, 0.5) is 5.69 Å². The lowest BCUT2D eigenvalue weighted by atomic mass is 10.1. The largest absolute Gasteiger partial charge is 0.506 e. The molecule has 0 radical (unpaired) electrons. The molecule has 0 aliphatic carbocycles. The molecule has 5 nitrogen and oxygen atoms in total. The number of nitrogens with zero attached hydrogens (tertiary/aromatic N) is 1. The van der Waals surface area contributed by atoms with Gasteiger partial charge in [-0.1, -0.05) is 6.07 Å². The van der Waals surface area contributed by atoms with Crippen LogP contribution >= 0.6 is 0 Å². The predicted octanol–water partition coefficient (Wildman–Crippen LogP) is 1.79. The van der Waals surface area contributed by atoms with Crippen LogP contribution in [0.1, 0.15) is 25.8 Å². The number of carbonyl (C=O) groups is 1. The van der Waals surface area contributed by atoms with Crippen LogP contribution in [0.15, 0.2) is 18.2 Å². The van der Waals surface area contributed by atoms with Crippen molar-refractivity contribution in [1.29, 1.82) is 0 Å². The van der Waals surface area contributed by atoms with E-state index in [0.29, 0.717) is 25.3 Å². The first-order chi connectivity index (χ1) is 9.43. The Morgan fingerprint density at radius 1 is 1.50 bits per heavy atom. The molecule has 5 heteroatoms. The zero-order valence-corrected chi connectivity index (χ0v) is 12.4. The van der Waals surface area contributed by atoms with E-state index in [1.165, 1.54) is 0 Å². The number of anilines is 1. The van der Waals surface area contributed by atoms with Gasteiger partial charge in [0.25, 0.3) is 0 Å². The molecule has 0 aliphatic heterocycles. The van der Waals surface area contributed by atoms with E-state index in [4.69, 9.17) is 10.5 Å². The van der Waals surface area contributed by atoms with E-state index in [9.17, 15) is 9.90 Å². The number of nitrogens with two attached hydrogens (primary N) is 1. The lowest BCUT2D eigenvalue weighted by Crippen LogP contribution is -2.33. The Kier molecular flexibility index (Phi) is 6.31. The molecule has 0 bridgehead atoms. The summed E-state index contributed by atoms with van der Waals surface area (Å²) in [6, 6.07) is 5.52. The highest BCUT2D eigenvalue weighted by molar-refractivity contribution is 5.69. The standard InChI is InChI=1S/C15H24N2O3/c1-4-20-15(19)7-8-17(3)11(2)9-12-5-6-14(18)13(16)10-12/h5-6,10-11,18H,4,7-9,16H2,1-3H3. The van der Waals surface area contributed by atoms with Gasteiger partial charge in [0.2, 0.25) is 0 Å². The minimum absolute atomic E-state index is 0.108. The van der Waals surface area contributed by atoms with Gasteiger partial charge in [-0.2, -0.15) is 0 Å². The molecular weight excluding hydrogens is 256 g/mol. The van der Waals surface area contributed by atoms with Crippen molar-refractivity contribution in [2.24, 2.45) is 0 Å². The third-order valence-corrected chi connectivity index (χ3v) is 3.35. The zero-order valence-electron chi connectivity index (χ0n) is 12.4. The molecule has 1 atom stereocenters. The normalized spacial score (nSPS) is 12.4. The second-order valence-electron chi connectivity index (χ2n) is 4.98. The van der Waals surface area contributed by atoms with Gasteiger partial charge in [-0.25, -0.2) is 0 Å². The maximum absolute atomic E-state index is 11.3. The van der Waals surface area contributed by atoms with E-state index in [2.05, 4.69) is 11.8 Å². The second-order valence-corrected chi connectivity index (χ2v) is 4.98. The predicted molar refractivity (Wildman–Crippen MR) is 79.6 cm³/mol. The van der Waals surface area contributed by atoms with E-state index in [1.54, 1.807) is 19.1 Å². The van der Waals surface area contributed by atoms with Crippen LogP contribution in [0.5, 0.6) is 5.75 Å². The summed E-state index contributed by atoms with van der Waals surface area (Å²) in [5, 5.41) is 9.40. The minimum Gasteiger partial charge on any atom is -0.506 e. The van der Waals surface area contributed by atoms with Crippen LogP contribution in [0.2, 0.25) is 0 Å². The van der Waals surface area contributed by atoms with E-state index < -0.39 is 0 Å². The summed E-state index contributed by atoms with van der Waals surface area (Å²) >= 11 is 0. The highest BCUT2D eigenvalue weighted by Gasteiger charge is 2.12. The molecule has 0 fully saturated rings. The summed E-state index contributed by atoms with van der Waals surface area (Å²) < 4.78 is 4.91. The molecule has 0 aromatic heterocycles. The number of carbonyl (C=O) groups excluding carboxylic acids is 1. The van der Waals surface area contributed by atoms with Gasteiger partial charge in [0.05, 0.1) is 18.7 Å². The van der Waals surface area contributed by atoms with Crippen LogP contribution in [-0.2, 0) is 16.0 Å². The number of hydrogen-bond donors (Lipinski definition) is 2. The van der Waals surface area contributed by atoms with Gasteiger partial charge >= 0.3 is 5.97 Å². The Hall–Kier alpha value is -1.75. The summed E-state index contributed by atoms with van der Waals surface area (Å²) in [5.74, 6) is -0.0579. The van der Waals surface area contributed by atoms with E-state index in [1.807, 2.05) is 13.1 Å². The molecular formula is C15H24N2O3. The molecule has 0 saturated carbocycles. The number of aromatic hydroxyl groups is 1. The zero-order chi connectivity index (χ0) is 15.1. The lowest BCUT2D eigenvalue weighted by molar-refractivity contribution is -0.143. The fourth-order valence-electron chi connectivity index (χ4n) is 1.95. The van der Waals surface area contributed by atoms with Gasteiger partial charge in [-0.3, -0.25) is 4.79 Å². The number of phenolic OH excluding ortho intramolecular Hbond substituents is 1. The Morgan fingerprint density at radius 3 is 2.80 bits per heavy atom. The molecule has 0 aliphatic rings. The fraction of sp³-hybridized carbons (Fsp3) is 0.533. The Morgan fingerprint density at radius 2 is 2.20 bits per heavy atom. The maximum Gasteiger partial charge on any atom is 0.307 e. The molecule has 0 heterocycles. The number of nitrogen functional groups attached to an aromatic ring is 1. The first-order valence-electron chi connectivity index (χ1n) is 6.87. The summed E-state index contributed by atoms with van der Waals surface area (Å²) in [5.41, 5.74) is 7.14.